The van der Waals surface area contributed by atoms with E-state index in [0.29, 0.717) is 18.5 Å². The molecule has 1 atom stereocenters. The molecule has 0 aliphatic carbocycles. The summed E-state index contributed by atoms with van der Waals surface area (Å²) in [5.74, 6) is 0. The van der Waals surface area contributed by atoms with Crippen molar-refractivity contribution < 1.29 is 8.98 Å². The van der Waals surface area contributed by atoms with Crippen molar-refractivity contribution in [1.82, 2.24) is 16.2 Å². The lowest BCUT2D eigenvalue weighted by Crippen LogP contribution is -2.53. The van der Waals surface area contributed by atoms with Gasteiger partial charge in [0.05, 0.1) is 24.7 Å². The minimum Gasteiger partial charge on any atom is -0.336 e. The Morgan fingerprint density at radius 3 is 2.30 bits per heavy atom. The van der Waals surface area contributed by atoms with Crippen LogP contribution in [0.4, 0.5) is 4.79 Å². The number of thiocarbonyl (C=S) groups is 1. The van der Waals surface area contributed by atoms with Crippen LogP contribution in [-0.4, -0.2) is 28.7 Å². The maximum Gasteiger partial charge on any atom is 0.324 e. The Balaban J connectivity index is 4.44. The van der Waals surface area contributed by atoms with Gasteiger partial charge in [0.2, 0.25) is 0 Å². The van der Waals surface area contributed by atoms with Crippen LogP contribution in [0.25, 0.3) is 0 Å². The summed E-state index contributed by atoms with van der Waals surface area (Å²) in [6, 6.07) is 0. The van der Waals surface area contributed by atoms with Crippen LogP contribution in [-0.2, 0) is 4.18 Å². The van der Waals surface area contributed by atoms with Gasteiger partial charge in [0.1, 0.15) is 5.66 Å². The van der Waals surface area contributed by atoms with Gasteiger partial charge in [0, 0.05) is 0 Å². The molecule has 0 aromatic carbocycles. The number of carbonyl (C=O) groups excluding carboxylic acids is 1. The molecular weight excluding hydrogens is 298 g/mol. The summed E-state index contributed by atoms with van der Waals surface area (Å²) in [4.78, 5) is 11.2. The average Bonchev–Trinajstić information content (AvgIpc) is 2.34. The van der Waals surface area contributed by atoms with Crippen molar-refractivity contribution in [1.29, 1.82) is 0 Å². The standard InChI is InChI=1S/C11H23N5O2S2/c1-7-11(5,16-15-10(2,3)4)12-8(19)13-14-9(17)20-18-6/h7H2,1-6H3,(H,14,17)(H2,12,13,19). The van der Waals surface area contributed by atoms with Crippen LogP contribution >= 0.6 is 24.3 Å². The molecule has 0 aliphatic heterocycles. The summed E-state index contributed by atoms with van der Waals surface area (Å²) in [6.07, 6.45) is 0.690. The number of hydrogen-bond donors (Lipinski definition) is 3. The Hall–Kier alpha value is -0.930. The maximum atomic E-state index is 11.2. The first-order chi connectivity index (χ1) is 9.12. The number of nitrogens with zero attached hydrogens (tertiary/aromatic N) is 2. The minimum absolute atomic E-state index is 0.253. The molecule has 116 valence electrons. The van der Waals surface area contributed by atoms with Gasteiger partial charge in [-0.25, -0.2) is 0 Å². The van der Waals surface area contributed by atoms with Crippen LogP contribution in [0.2, 0.25) is 0 Å². The molecule has 0 spiro atoms. The molecule has 0 bridgehead atoms. The van der Waals surface area contributed by atoms with Crippen LogP contribution in [0.5, 0.6) is 0 Å². The number of nitrogens with one attached hydrogen (secondary N) is 3. The van der Waals surface area contributed by atoms with Gasteiger partial charge in [-0.3, -0.25) is 15.6 Å². The monoisotopic (exact) mass is 321 g/mol. The normalized spacial score (nSPS) is 14.7. The molecular formula is C11H23N5O2S2. The second-order valence-electron chi connectivity index (χ2n) is 5.24. The Labute approximate surface area is 129 Å². The third-order valence-corrected chi connectivity index (χ3v) is 2.70. The number of azo groups is 1. The number of amides is 1. The number of hydrogen-bond acceptors (Lipinski definition) is 6. The van der Waals surface area contributed by atoms with E-state index in [-0.39, 0.29) is 10.7 Å². The van der Waals surface area contributed by atoms with Crippen LogP contribution in [0.3, 0.4) is 0 Å². The first kappa shape index (κ1) is 19.1. The lowest BCUT2D eigenvalue weighted by atomic mass is 10.1. The SMILES string of the molecule is CCC(C)(N=NC(C)(C)C)NC(=S)NNC(=O)SOC. The molecule has 3 N–H and O–H groups in total. The number of rotatable bonds is 4. The van der Waals surface area contributed by atoms with Crippen LogP contribution in [0.1, 0.15) is 41.0 Å². The van der Waals surface area contributed by atoms with Gasteiger partial charge in [0.25, 0.3) is 0 Å². The third-order valence-electron chi connectivity index (χ3n) is 2.08. The molecule has 0 aromatic heterocycles. The minimum atomic E-state index is -0.628. The highest BCUT2D eigenvalue weighted by Crippen LogP contribution is 2.16. The van der Waals surface area contributed by atoms with Gasteiger partial charge in [-0.05, 0) is 46.3 Å². The molecule has 0 rings (SSSR count). The van der Waals surface area contributed by atoms with Crippen molar-refractivity contribution >= 4 is 34.6 Å². The lowest BCUT2D eigenvalue weighted by molar-refractivity contribution is 0.257. The van der Waals surface area contributed by atoms with E-state index in [1.54, 1.807) is 0 Å². The largest absolute Gasteiger partial charge is 0.336 e. The summed E-state index contributed by atoms with van der Waals surface area (Å²) in [6.45, 7) is 9.74. The molecule has 20 heavy (non-hydrogen) atoms. The molecule has 1 unspecified atom stereocenters. The predicted octanol–water partition coefficient (Wildman–Crippen LogP) is 2.75. The van der Waals surface area contributed by atoms with E-state index in [0.717, 1.165) is 0 Å². The van der Waals surface area contributed by atoms with E-state index >= 15 is 0 Å². The highest BCUT2D eigenvalue weighted by molar-refractivity contribution is 8.09. The zero-order valence-electron chi connectivity index (χ0n) is 12.7. The average molecular weight is 321 g/mol. The van der Waals surface area contributed by atoms with Crippen molar-refractivity contribution in [3.05, 3.63) is 0 Å². The van der Waals surface area contributed by atoms with Gasteiger partial charge >= 0.3 is 5.24 Å². The second-order valence-corrected chi connectivity index (χ2v) is 6.52. The first-order valence-electron chi connectivity index (χ1n) is 6.15. The highest BCUT2D eigenvalue weighted by atomic mass is 32.2. The Morgan fingerprint density at radius 1 is 1.25 bits per heavy atom. The fourth-order valence-electron chi connectivity index (χ4n) is 0.925. The maximum absolute atomic E-state index is 11.2. The van der Waals surface area contributed by atoms with Gasteiger partial charge < -0.3 is 9.50 Å². The second kappa shape index (κ2) is 8.38. The fourth-order valence-corrected chi connectivity index (χ4v) is 1.44. The van der Waals surface area contributed by atoms with Crippen LogP contribution < -0.4 is 16.2 Å². The zero-order valence-corrected chi connectivity index (χ0v) is 14.4. The fraction of sp³-hybridized carbons (Fsp3) is 0.818. The first-order valence-corrected chi connectivity index (χ1v) is 7.29. The molecule has 7 nitrogen and oxygen atoms in total. The molecule has 9 heteroatoms. The summed E-state index contributed by atoms with van der Waals surface area (Å²) in [5.41, 5.74) is 4.07. The molecule has 0 aromatic rings. The molecule has 0 saturated carbocycles. The number of carbonyl (C=O) groups is 1. The summed E-state index contributed by atoms with van der Waals surface area (Å²) < 4.78 is 4.60. The Kier molecular flexibility index (Phi) is 7.99. The molecule has 0 aliphatic rings. The molecule has 0 heterocycles. The lowest BCUT2D eigenvalue weighted by Gasteiger charge is -2.27. The summed E-state index contributed by atoms with van der Waals surface area (Å²) in [7, 11) is 1.40. The van der Waals surface area contributed by atoms with Crippen molar-refractivity contribution in [3.63, 3.8) is 0 Å². The topological polar surface area (TPSA) is 87.1 Å². The third kappa shape index (κ3) is 9.05. The van der Waals surface area contributed by atoms with Crippen LogP contribution in [0, 0.1) is 0 Å². The van der Waals surface area contributed by atoms with Gasteiger partial charge in [-0.1, -0.05) is 6.92 Å². The van der Waals surface area contributed by atoms with Gasteiger partial charge in [0.15, 0.2) is 5.11 Å². The quantitative estimate of drug-likeness (QED) is 0.319. The van der Waals surface area contributed by atoms with E-state index in [1.165, 1.54) is 7.11 Å². The molecule has 0 saturated heterocycles. The summed E-state index contributed by atoms with van der Waals surface area (Å²) in [5, 5.41) is 11.4. The predicted molar refractivity (Wildman–Crippen MR) is 85.3 cm³/mol. The van der Waals surface area contributed by atoms with E-state index in [9.17, 15) is 4.79 Å². The molecule has 1 amide bonds. The summed E-state index contributed by atoms with van der Waals surface area (Å²) >= 11 is 5.76. The van der Waals surface area contributed by atoms with Gasteiger partial charge in [-0.2, -0.15) is 10.2 Å². The van der Waals surface area contributed by atoms with E-state index in [4.69, 9.17) is 12.2 Å². The van der Waals surface area contributed by atoms with E-state index in [2.05, 4.69) is 30.6 Å². The number of hydrazine groups is 1. The smallest absolute Gasteiger partial charge is 0.324 e. The van der Waals surface area contributed by atoms with Crippen LogP contribution in [0.15, 0.2) is 10.2 Å². The van der Waals surface area contributed by atoms with Crippen molar-refractivity contribution in [2.45, 2.75) is 52.2 Å². The Morgan fingerprint density at radius 2 is 1.85 bits per heavy atom. The van der Waals surface area contributed by atoms with Crippen molar-refractivity contribution in [2.75, 3.05) is 7.11 Å². The zero-order chi connectivity index (χ0) is 15.8. The molecule has 0 fully saturated rings. The highest BCUT2D eigenvalue weighted by Gasteiger charge is 2.23. The Bertz CT molecular complexity index is 370. The van der Waals surface area contributed by atoms with E-state index in [1.807, 2.05) is 34.6 Å². The molecule has 0 radical (unpaired) electrons. The van der Waals surface area contributed by atoms with Gasteiger partial charge in [-0.15, -0.1) is 0 Å². The van der Waals surface area contributed by atoms with Crippen molar-refractivity contribution in [2.24, 2.45) is 10.2 Å². The van der Waals surface area contributed by atoms with E-state index < -0.39 is 10.9 Å². The van der Waals surface area contributed by atoms with Crippen molar-refractivity contribution in [3.8, 4) is 0 Å².